The maximum atomic E-state index is 11.6. The second kappa shape index (κ2) is 7.11. The Morgan fingerprint density at radius 2 is 2.12 bits per heavy atom. The lowest BCUT2D eigenvalue weighted by Gasteiger charge is -2.07. The molecule has 0 fully saturated rings. The SMILES string of the molecule is Nc1ccc(Cl)c(C(=O)OCCOCCO)c1. The van der Waals surface area contributed by atoms with Crippen LogP contribution in [0.2, 0.25) is 5.02 Å². The zero-order chi connectivity index (χ0) is 12.7. The van der Waals surface area contributed by atoms with Gasteiger partial charge < -0.3 is 20.3 Å². The minimum atomic E-state index is -0.546. The summed E-state index contributed by atoms with van der Waals surface area (Å²) in [6.07, 6.45) is 0. The molecule has 0 aliphatic carbocycles. The maximum absolute atomic E-state index is 11.6. The van der Waals surface area contributed by atoms with Gasteiger partial charge in [-0.1, -0.05) is 11.6 Å². The highest BCUT2D eigenvalue weighted by atomic mass is 35.5. The Balaban J connectivity index is 2.44. The van der Waals surface area contributed by atoms with Gasteiger partial charge in [0.25, 0.3) is 0 Å². The largest absolute Gasteiger partial charge is 0.460 e. The quantitative estimate of drug-likeness (QED) is 0.454. The number of ether oxygens (including phenoxy) is 2. The van der Waals surface area contributed by atoms with Crippen molar-refractivity contribution in [2.45, 2.75) is 0 Å². The molecule has 0 radical (unpaired) electrons. The average molecular weight is 260 g/mol. The van der Waals surface area contributed by atoms with Crippen LogP contribution in [0.4, 0.5) is 5.69 Å². The van der Waals surface area contributed by atoms with Crippen molar-refractivity contribution in [2.24, 2.45) is 0 Å². The average Bonchev–Trinajstić information content (AvgIpc) is 2.32. The van der Waals surface area contributed by atoms with Crippen molar-refractivity contribution in [3.8, 4) is 0 Å². The summed E-state index contributed by atoms with van der Waals surface area (Å²) in [4.78, 5) is 11.6. The van der Waals surface area contributed by atoms with Crippen molar-refractivity contribution in [1.82, 2.24) is 0 Å². The molecular weight excluding hydrogens is 246 g/mol. The van der Waals surface area contributed by atoms with E-state index in [1.54, 1.807) is 6.07 Å². The zero-order valence-corrected chi connectivity index (χ0v) is 9.94. The molecule has 1 aromatic carbocycles. The number of anilines is 1. The molecule has 0 amide bonds. The number of nitrogen functional groups attached to an aromatic ring is 1. The van der Waals surface area contributed by atoms with Crippen molar-refractivity contribution in [3.63, 3.8) is 0 Å². The molecular formula is C11H14ClNO4. The zero-order valence-electron chi connectivity index (χ0n) is 9.19. The van der Waals surface area contributed by atoms with Gasteiger partial charge in [-0.15, -0.1) is 0 Å². The third-order valence-corrected chi connectivity index (χ3v) is 2.24. The van der Waals surface area contributed by atoms with E-state index >= 15 is 0 Å². The van der Waals surface area contributed by atoms with Crippen molar-refractivity contribution >= 4 is 23.3 Å². The van der Waals surface area contributed by atoms with Crippen LogP contribution in [0.25, 0.3) is 0 Å². The Morgan fingerprint density at radius 3 is 2.82 bits per heavy atom. The summed E-state index contributed by atoms with van der Waals surface area (Å²) in [7, 11) is 0. The normalized spacial score (nSPS) is 10.2. The molecule has 5 nitrogen and oxygen atoms in total. The Labute approximate surface area is 104 Å². The van der Waals surface area contributed by atoms with E-state index in [9.17, 15) is 4.79 Å². The second-order valence-corrected chi connectivity index (χ2v) is 3.62. The Bertz CT molecular complexity index is 384. The lowest BCUT2D eigenvalue weighted by molar-refractivity contribution is 0.0258. The van der Waals surface area contributed by atoms with Gasteiger partial charge in [-0.25, -0.2) is 4.79 Å². The lowest BCUT2D eigenvalue weighted by atomic mass is 10.2. The molecule has 0 saturated heterocycles. The number of aliphatic hydroxyl groups is 1. The van der Waals surface area contributed by atoms with Crippen LogP contribution >= 0.6 is 11.6 Å². The first kappa shape index (κ1) is 13.8. The van der Waals surface area contributed by atoms with Crippen molar-refractivity contribution in [3.05, 3.63) is 28.8 Å². The molecule has 17 heavy (non-hydrogen) atoms. The highest BCUT2D eigenvalue weighted by Crippen LogP contribution is 2.19. The van der Waals surface area contributed by atoms with Crippen LogP contribution in [0.5, 0.6) is 0 Å². The van der Waals surface area contributed by atoms with Gasteiger partial charge in [0.15, 0.2) is 0 Å². The number of hydrogen-bond donors (Lipinski definition) is 2. The summed E-state index contributed by atoms with van der Waals surface area (Å²) in [5.74, 6) is -0.546. The minimum absolute atomic E-state index is 0.0605. The van der Waals surface area contributed by atoms with Crippen LogP contribution in [0, 0.1) is 0 Å². The summed E-state index contributed by atoms with van der Waals surface area (Å²) in [6.45, 7) is 0.488. The van der Waals surface area contributed by atoms with E-state index in [2.05, 4.69) is 0 Å². The van der Waals surface area contributed by atoms with E-state index in [0.29, 0.717) is 10.7 Å². The van der Waals surface area contributed by atoms with E-state index in [0.717, 1.165) is 0 Å². The van der Waals surface area contributed by atoms with Gasteiger partial charge >= 0.3 is 5.97 Å². The number of benzene rings is 1. The molecule has 0 unspecified atom stereocenters. The van der Waals surface area contributed by atoms with Gasteiger partial charge in [0.1, 0.15) is 6.61 Å². The van der Waals surface area contributed by atoms with Crippen LogP contribution in [-0.2, 0) is 9.47 Å². The third-order valence-electron chi connectivity index (χ3n) is 1.91. The summed E-state index contributed by atoms with van der Waals surface area (Å²) < 4.78 is 9.86. The van der Waals surface area contributed by atoms with E-state index in [-0.39, 0.29) is 32.0 Å². The Kier molecular flexibility index (Phi) is 5.76. The molecule has 0 atom stereocenters. The van der Waals surface area contributed by atoms with Gasteiger partial charge in [-0.3, -0.25) is 0 Å². The van der Waals surface area contributed by atoms with E-state index in [1.165, 1.54) is 12.1 Å². The van der Waals surface area contributed by atoms with Crippen LogP contribution in [0.3, 0.4) is 0 Å². The number of rotatable bonds is 6. The van der Waals surface area contributed by atoms with E-state index in [4.69, 9.17) is 31.9 Å². The Hall–Kier alpha value is -1.30. The van der Waals surface area contributed by atoms with Crippen molar-refractivity contribution in [1.29, 1.82) is 0 Å². The number of halogens is 1. The van der Waals surface area contributed by atoms with Crippen molar-refractivity contribution < 1.29 is 19.4 Å². The van der Waals surface area contributed by atoms with Crippen LogP contribution < -0.4 is 5.73 Å². The van der Waals surface area contributed by atoms with Gasteiger partial charge in [-0.05, 0) is 18.2 Å². The van der Waals surface area contributed by atoms with Crippen LogP contribution in [0.1, 0.15) is 10.4 Å². The Morgan fingerprint density at radius 1 is 1.35 bits per heavy atom. The number of esters is 1. The fourth-order valence-corrected chi connectivity index (χ4v) is 1.33. The standard InChI is InChI=1S/C11H14ClNO4/c12-10-2-1-8(13)7-9(10)11(15)17-6-5-16-4-3-14/h1-2,7,14H,3-6,13H2. The lowest BCUT2D eigenvalue weighted by Crippen LogP contribution is -2.12. The maximum Gasteiger partial charge on any atom is 0.339 e. The molecule has 0 aliphatic heterocycles. The minimum Gasteiger partial charge on any atom is -0.460 e. The van der Waals surface area contributed by atoms with E-state index < -0.39 is 5.97 Å². The molecule has 0 aliphatic rings. The summed E-state index contributed by atoms with van der Waals surface area (Å²) in [5.41, 5.74) is 6.21. The van der Waals surface area contributed by atoms with Gasteiger partial charge in [0.2, 0.25) is 0 Å². The first-order valence-electron chi connectivity index (χ1n) is 5.06. The molecule has 1 rings (SSSR count). The first-order valence-corrected chi connectivity index (χ1v) is 5.43. The van der Waals surface area contributed by atoms with E-state index in [1.807, 2.05) is 0 Å². The summed E-state index contributed by atoms with van der Waals surface area (Å²) >= 11 is 5.83. The fraction of sp³-hybridized carbons (Fsp3) is 0.364. The molecule has 94 valence electrons. The highest BCUT2D eigenvalue weighted by molar-refractivity contribution is 6.33. The smallest absolute Gasteiger partial charge is 0.339 e. The molecule has 6 heteroatoms. The molecule has 0 heterocycles. The highest BCUT2D eigenvalue weighted by Gasteiger charge is 2.11. The van der Waals surface area contributed by atoms with Crippen LogP contribution in [-0.4, -0.2) is 37.5 Å². The van der Waals surface area contributed by atoms with Crippen LogP contribution in [0.15, 0.2) is 18.2 Å². The summed E-state index contributed by atoms with van der Waals surface area (Å²) in [6, 6.07) is 4.60. The topological polar surface area (TPSA) is 81.8 Å². The van der Waals surface area contributed by atoms with Gasteiger partial charge in [-0.2, -0.15) is 0 Å². The summed E-state index contributed by atoms with van der Waals surface area (Å²) in [5, 5.41) is 8.75. The first-order chi connectivity index (χ1) is 8.15. The number of hydrogen-bond acceptors (Lipinski definition) is 5. The predicted octanol–water partition coefficient (Wildman–Crippen LogP) is 1.09. The van der Waals surface area contributed by atoms with Gasteiger partial charge in [0.05, 0.1) is 30.4 Å². The predicted molar refractivity (Wildman–Crippen MR) is 64.1 cm³/mol. The number of nitrogens with two attached hydrogens (primary N) is 1. The van der Waals surface area contributed by atoms with Gasteiger partial charge in [0, 0.05) is 5.69 Å². The number of carbonyl (C=O) groups excluding carboxylic acids is 1. The number of carbonyl (C=O) groups is 1. The molecule has 3 N–H and O–H groups in total. The number of aliphatic hydroxyl groups excluding tert-OH is 1. The molecule has 0 saturated carbocycles. The molecule has 0 bridgehead atoms. The molecule has 0 aromatic heterocycles. The van der Waals surface area contributed by atoms with Crippen molar-refractivity contribution in [2.75, 3.05) is 32.2 Å². The monoisotopic (exact) mass is 259 g/mol. The second-order valence-electron chi connectivity index (χ2n) is 3.21. The fourth-order valence-electron chi connectivity index (χ4n) is 1.14. The molecule has 1 aromatic rings. The third kappa shape index (κ3) is 4.60. The molecule has 0 spiro atoms.